The third-order valence-electron chi connectivity index (χ3n) is 4.28. The molecule has 0 aliphatic heterocycles. The molecule has 2 rings (SSSR count). The maximum Gasteiger partial charge on any atom is 0.250 e. The number of carbonyl (C=O) groups is 1. The Hall–Kier alpha value is -1.22. The van der Waals surface area contributed by atoms with E-state index in [4.69, 9.17) is 17.3 Å². The van der Waals surface area contributed by atoms with Gasteiger partial charge in [-0.1, -0.05) is 32.4 Å². The Morgan fingerprint density at radius 2 is 2.15 bits per heavy atom. The molecular weight excluding hydrogens is 272 g/mol. The Morgan fingerprint density at radius 3 is 2.70 bits per heavy atom. The number of amides is 1. The highest BCUT2D eigenvalue weighted by molar-refractivity contribution is 6.34. The molecule has 1 amide bonds. The molecule has 3 N–H and O–H groups in total. The Labute approximate surface area is 125 Å². The standard InChI is InChI=1S/C16H23ClN2O/c1-10-9-16(2,3)7-6-14(10)19-11-4-5-12(15(18)20)13(17)8-11/h4-5,8,10,14,19H,6-7,9H2,1-3H3,(H2,18,20). The van der Waals surface area contributed by atoms with Crippen LogP contribution in [0.2, 0.25) is 5.02 Å². The van der Waals surface area contributed by atoms with Crippen LogP contribution in [0.3, 0.4) is 0 Å². The zero-order valence-corrected chi connectivity index (χ0v) is 13.1. The summed E-state index contributed by atoms with van der Waals surface area (Å²) >= 11 is 6.08. The van der Waals surface area contributed by atoms with Crippen LogP contribution >= 0.6 is 11.6 Å². The summed E-state index contributed by atoms with van der Waals surface area (Å²) in [5, 5.41) is 3.95. The Bertz CT molecular complexity index is 513. The van der Waals surface area contributed by atoms with Crippen LogP contribution in [0.5, 0.6) is 0 Å². The van der Waals surface area contributed by atoms with Crippen molar-refractivity contribution in [3.8, 4) is 0 Å². The zero-order valence-electron chi connectivity index (χ0n) is 12.4. The number of halogens is 1. The lowest BCUT2D eigenvalue weighted by Crippen LogP contribution is -2.36. The number of primary amides is 1. The van der Waals surface area contributed by atoms with E-state index >= 15 is 0 Å². The molecule has 3 nitrogen and oxygen atoms in total. The van der Waals surface area contributed by atoms with E-state index in [1.165, 1.54) is 12.8 Å². The fourth-order valence-corrected chi connectivity index (χ4v) is 3.45. The van der Waals surface area contributed by atoms with Gasteiger partial charge in [-0.2, -0.15) is 0 Å². The molecule has 1 aliphatic carbocycles. The SMILES string of the molecule is CC1CC(C)(C)CCC1Nc1ccc(C(N)=O)c(Cl)c1. The maximum atomic E-state index is 11.2. The van der Waals surface area contributed by atoms with Crippen LogP contribution in [-0.4, -0.2) is 11.9 Å². The lowest BCUT2D eigenvalue weighted by atomic mass is 9.70. The first-order chi connectivity index (χ1) is 9.28. The van der Waals surface area contributed by atoms with E-state index in [0.717, 1.165) is 12.1 Å². The van der Waals surface area contributed by atoms with Crippen LogP contribution in [0.25, 0.3) is 0 Å². The number of anilines is 1. The van der Waals surface area contributed by atoms with Crippen molar-refractivity contribution in [1.29, 1.82) is 0 Å². The largest absolute Gasteiger partial charge is 0.382 e. The van der Waals surface area contributed by atoms with Gasteiger partial charge in [-0.05, 0) is 48.8 Å². The molecule has 0 saturated heterocycles. The molecule has 0 bridgehead atoms. The van der Waals surface area contributed by atoms with Crippen LogP contribution in [-0.2, 0) is 0 Å². The van der Waals surface area contributed by atoms with Gasteiger partial charge in [-0.25, -0.2) is 0 Å². The van der Waals surface area contributed by atoms with Crippen LogP contribution in [0.15, 0.2) is 18.2 Å². The minimum atomic E-state index is -0.491. The normalized spacial score (nSPS) is 25.2. The molecule has 1 aromatic rings. The first-order valence-corrected chi connectivity index (χ1v) is 7.52. The van der Waals surface area contributed by atoms with Crippen molar-refractivity contribution in [2.24, 2.45) is 17.1 Å². The van der Waals surface area contributed by atoms with Gasteiger partial charge in [-0.15, -0.1) is 0 Å². The summed E-state index contributed by atoms with van der Waals surface area (Å²) in [6.07, 6.45) is 3.60. The van der Waals surface area contributed by atoms with Crippen molar-refractivity contribution in [2.75, 3.05) is 5.32 Å². The molecule has 0 heterocycles. The quantitative estimate of drug-likeness (QED) is 0.883. The molecule has 1 fully saturated rings. The van der Waals surface area contributed by atoms with Crippen molar-refractivity contribution < 1.29 is 4.79 Å². The van der Waals surface area contributed by atoms with Gasteiger partial charge in [0.25, 0.3) is 0 Å². The topological polar surface area (TPSA) is 55.1 Å². The first-order valence-electron chi connectivity index (χ1n) is 7.14. The van der Waals surface area contributed by atoms with E-state index in [-0.39, 0.29) is 0 Å². The summed E-state index contributed by atoms with van der Waals surface area (Å²) in [5.74, 6) is 0.127. The number of nitrogens with one attached hydrogen (secondary N) is 1. The molecule has 2 unspecified atom stereocenters. The molecule has 1 aliphatic rings. The van der Waals surface area contributed by atoms with Crippen LogP contribution in [0.1, 0.15) is 50.4 Å². The predicted molar refractivity (Wildman–Crippen MR) is 84.2 cm³/mol. The second-order valence-electron chi connectivity index (χ2n) is 6.69. The Balaban J connectivity index is 2.07. The van der Waals surface area contributed by atoms with Gasteiger partial charge in [0.1, 0.15) is 0 Å². The molecule has 0 radical (unpaired) electrons. The highest BCUT2D eigenvalue weighted by Gasteiger charge is 2.32. The molecule has 0 aromatic heterocycles. The molecule has 1 aromatic carbocycles. The van der Waals surface area contributed by atoms with Crippen molar-refractivity contribution in [2.45, 2.75) is 46.1 Å². The number of nitrogens with two attached hydrogens (primary N) is 1. The smallest absolute Gasteiger partial charge is 0.250 e. The van der Waals surface area contributed by atoms with E-state index in [0.29, 0.717) is 28.0 Å². The lowest BCUT2D eigenvalue weighted by Gasteiger charge is -2.40. The van der Waals surface area contributed by atoms with Crippen LogP contribution < -0.4 is 11.1 Å². The van der Waals surface area contributed by atoms with Gasteiger partial charge >= 0.3 is 0 Å². The number of rotatable bonds is 3. The summed E-state index contributed by atoms with van der Waals surface area (Å²) in [6, 6.07) is 5.80. The fourth-order valence-electron chi connectivity index (χ4n) is 3.18. The maximum absolute atomic E-state index is 11.2. The van der Waals surface area contributed by atoms with E-state index < -0.39 is 5.91 Å². The molecule has 110 valence electrons. The van der Waals surface area contributed by atoms with E-state index in [1.807, 2.05) is 6.07 Å². The summed E-state index contributed by atoms with van der Waals surface area (Å²) in [7, 11) is 0. The molecule has 4 heteroatoms. The second kappa shape index (κ2) is 5.65. The van der Waals surface area contributed by atoms with Gasteiger partial charge in [-0.3, -0.25) is 4.79 Å². The summed E-state index contributed by atoms with van der Waals surface area (Å²) in [5.41, 5.74) is 7.02. The highest BCUT2D eigenvalue weighted by Crippen LogP contribution is 2.39. The summed E-state index contributed by atoms with van der Waals surface area (Å²) < 4.78 is 0. The second-order valence-corrected chi connectivity index (χ2v) is 7.10. The minimum Gasteiger partial charge on any atom is -0.382 e. The number of hydrogen-bond donors (Lipinski definition) is 2. The molecular formula is C16H23ClN2O. The molecule has 2 atom stereocenters. The van der Waals surface area contributed by atoms with Crippen molar-refractivity contribution in [3.63, 3.8) is 0 Å². The van der Waals surface area contributed by atoms with Gasteiger partial charge in [0.2, 0.25) is 5.91 Å². The number of hydrogen-bond acceptors (Lipinski definition) is 2. The lowest BCUT2D eigenvalue weighted by molar-refractivity contribution is 0.100. The van der Waals surface area contributed by atoms with E-state index in [2.05, 4.69) is 26.1 Å². The fraction of sp³-hybridized carbons (Fsp3) is 0.562. The van der Waals surface area contributed by atoms with Gasteiger partial charge in [0, 0.05) is 11.7 Å². The van der Waals surface area contributed by atoms with E-state index in [1.54, 1.807) is 12.1 Å². The minimum absolute atomic E-state index is 0.370. The number of carbonyl (C=O) groups excluding carboxylic acids is 1. The Kier molecular flexibility index (Phi) is 4.28. The average Bonchev–Trinajstić information content (AvgIpc) is 2.32. The third kappa shape index (κ3) is 3.45. The van der Waals surface area contributed by atoms with Gasteiger partial charge in [0.05, 0.1) is 10.6 Å². The van der Waals surface area contributed by atoms with E-state index in [9.17, 15) is 4.79 Å². The average molecular weight is 295 g/mol. The molecule has 1 saturated carbocycles. The van der Waals surface area contributed by atoms with Crippen LogP contribution in [0.4, 0.5) is 5.69 Å². The third-order valence-corrected chi connectivity index (χ3v) is 4.59. The van der Waals surface area contributed by atoms with Gasteiger partial charge in [0.15, 0.2) is 0 Å². The zero-order chi connectivity index (χ0) is 14.9. The summed E-state index contributed by atoms with van der Waals surface area (Å²) in [6.45, 7) is 6.95. The van der Waals surface area contributed by atoms with Crippen molar-refractivity contribution in [1.82, 2.24) is 0 Å². The highest BCUT2D eigenvalue weighted by atomic mass is 35.5. The molecule has 0 spiro atoms. The monoisotopic (exact) mass is 294 g/mol. The predicted octanol–water partition coefficient (Wildman–Crippen LogP) is 4.07. The van der Waals surface area contributed by atoms with Crippen LogP contribution in [0, 0.1) is 11.3 Å². The number of benzene rings is 1. The first kappa shape index (κ1) is 15.2. The van der Waals surface area contributed by atoms with Gasteiger partial charge < -0.3 is 11.1 Å². The van der Waals surface area contributed by atoms with Crippen molar-refractivity contribution in [3.05, 3.63) is 28.8 Å². The van der Waals surface area contributed by atoms with Crippen molar-refractivity contribution >= 4 is 23.2 Å². The summed E-state index contributed by atoms with van der Waals surface area (Å²) in [4.78, 5) is 11.2. The molecule has 20 heavy (non-hydrogen) atoms. The Morgan fingerprint density at radius 1 is 1.45 bits per heavy atom.